The molecule has 3 aromatic rings. The largest absolute Gasteiger partial charge is 0.345 e. The summed E-state index contributed by atoms with van der Waals surface area (Å²) in [4.78, 5) is 32.3. The van der Waals surface area contributed by atoms with Crippen LogP contribution in [0.3, 0.4) is 0 Å². The fourth-order valence-corrected chi connectivity index (χ4v) is 4.37. The van der Waals surface area contributed by atoms with Crippen molar-refractivity contribution in [2.24, 2.45) is 5.92 Å². The molecule has 5 heterocycles. The molecule has 0 aliphatic carbocycles. The van der Waals surface area contributed by atoms with Crippen molar-refractivity contribution in [1.29, 1.82) is 0 Å². The molecular weight excluding hydrogens is 382 g/mol. The molecule has 0 bridgehead atoms. The highest BCUT2D eigenvalue weighted by atomic mass is 16.2. The highest BCUT2D eigenvalue weighted by Crippen LogP contribution is 2.29. The molecule has 0 spiro atoms. The number of likely N-dealkylation sites (tertiary alicyclic amines) is 2. The van der Waals surface area contributed by atoms with Gasteiger partial charge in [-0.1, -0.05) is 0 Å². The highest BCUT2D eigenvalue weighted by Gasteiger charge is 2.36. The number of hydrogen-bond donors (Lipinski definition) is 0. The van der Waals surface area contributed by atoms with Gasteiger partial charge in [0.2, 0.25) is 11.8 Å². The SMILES string of the molecule is CN1CC(C(=O)N2CCC(c3nnc4ccc(-c5cccnc5)nn34)CC2)CC1=O. The van der Waals surface area contributed by atoms with E-state index in [0.717, 1.165) is 29.9 Å². The number of aromatic nitrogens is 5. The van der Waals surface area contributed by atoms with E-state index in [4.69, 9.17) is 5.10 Å². The molecule has 2 fully saturated rings. The maximum atomic E-state index is 12.8. The first kappa shape index (κ1) is 18.7. The Morgan fingerprint density at radius 2 is 1.97 bits per heavy atom. The van der Waals surface area contributed by atoms with Crippen LogP contribution in [0.4, 0.5) is 0 Å². The second-order valence-corrected chi connectivity index (χ2v) is 8.06. The zero-order valence-electron chi connectivity index (χ0n) is 16.8. The number of nitrogens with zero attached hydrogens (tertiary/aromatic N) is 7. The van der Waals surface area contributed by atoms with Crippen LogP contribution in [0.2, 0.25) is 0 Å². The van der Waals surface area contributed by atoms with Gasteiger partial charge in [-0.15, -0.1) is 10.2 Å². The fraction of sp³-hybridized carbons (Fsp3) is 0.429. The Hall–Kier alpha value is -3.36. The summed E-state index contributed by atoms with van der Waals surface area (Å²) in [5, 5.41) is 13.4. The average Bonchev–Trinajstić information content (AvgIpc) is 3.36. The van der Waals surface area contributed by atoms with Crippen molar-refractivity contribution in [1.82, 2.24) is 34.6 Å². The monoisotopic (exact) mass is 405 g/mol. The van der Waals surface area contributed by atoms with Gasteiger partial charge in [-0.3, -0.25) is 14.6 Å². The molecule has 1 unspecified atom stereocenters. The van der Waals surface area contributed by atoms with E-state index < -0.39 is 0 Å². The third kappa shape index (κ3) is 3.30. The van der Waals surface area contributed by atoms with Gasteiger partial charge in [-0.05, 0) is 37.1 Å². The van der Waals surface area contributed by atoms with E-state index in [1.807, 2.05) is 33.7 Å². The zero-order chi connectivity index (χ0) is 20.7. The molecule has 9 nitrogen and oxygen atoms in total. The molecule has 0 aromatic carbocycles. The molecular formula is C21H23N7O2. The molecule has 3 aromatic heterocycles. The summed E-state index contributed by atoms with van der Waals surface area (Å²) in [7, 11) is 1.75. The van der Waals surface area contributed by atoms with Gasteiger partial charge in [0.25, 0.3) is 0 Å². The first-order valence-electron chi connectivity index (χ1n) is 10.3. The third-order valence-electron chi connectivity index (χ3n) is 6.11. The van der Waals surface area contributed by atoms with Crippen LogP contribution in [0.15, 0.2) is 36.7 Å². The quantitative estimate of drug-likeness (QED) is 0.653. The number of rotatable bonds is 3. The predicted molar refractivity (Wildman–Crippen MR) is 108 cm³/mol. The van der Waals surface area contributed by atoms with E-state index in [1.54, 1.807) is 24.3 Å². The van der Waals surface area contributed by atoms with Gasteiger partial charge in [0, 0.05) is 57.0 Å². The van der Waals surface area contributed by atoms with Crippen LogP contribution in [0.25, 0.3) is 16.9 Å². The maximum Gasteiger partial charge on any atom is 0.227 e. The Morgan fingerprint density at radius 3 is 2.67 bits per heavy atom. The molecule has 2 saturated heterocycles. The number of hydrogen-bond acceptors (Lipinski definition) is 6. The molecule has 0 radical (unpaired) electrons. The summed E-state index contributed by atoms with van der Waals surface area (Å²) in [5.74, 6) is 0.951. The minimum atomic E-state index is -0.211. The van der Waals surface area contributed by atoms with Crippen LogP contribution < -0.4 is 0 Å². The molecule has 2 aliphatic rings. The number of carbonyl (C=O) groups excluding carboxylic acids is 2. The van der Waals surface area contributed by atoms with E-state index in [0.29, 0.717) is 31.7 Å². The summed E-state index contributed by atoms with van der Waals surface area (Å²) in [6, 6.07) is 7.70. The first-order valence-corrected chi connectivity index (χ1v) is 10.3. The minimum Gasteiger partial charge on any atom is -0.345 e. The van der Waals surface area contributed by atoms with Gasteiger partial charge < -0.3 is 9.80 Å². The lowest BCUT2D eigenvalue weighted by atomic mass is 9.94. The molecule has 9 heteroatoms. The Labute approximate surface area is 173 Å². The van der Waals surface area contributed by atoms with Crippen molar-refractivity contribution in [2.75, 3.05) is 26.7 Å². The van der Waals surface area contributed by atoms with Gasteiger partial charge in [-0.2, -0.15) is 9.61 Å². The zero-order valence-corrected chi connectivity index (χ0v) is 16.8. The van der Waals surface area contributed by atoms with Crippen molar-refractivity contribution in [3.63, 3.8) is 0 Å². The Bertz CT molecular complexity index is 1090. The van der Waals surface area contributed by atoms with E-state index >= 15 is 0 Å². The number of fused-ring (bicyclic) bond motifs is 1. The van der Waals surface area contributed by atoms with Gasteiger partial charge in [0.05, 0.1) is 11.6 Å². The van der Waals surface area contributed by atoms with E-state index in [1.165, 1.54) is 0 Å². The van der Waals surface area contributed by atoms with E-state index in [9.17, 15) is 9.59 Å². The number of pyridine rings is 1. The predicted octanol–water partition coefficient (Wildman–Crippen LogP) is 1.37. The van der Waals surface area contributed by atoms with Crippen LogP contribution in [0, 0.1) is 5.92 Å². The van der Waals surface area contributed by atoms with E-state index in [2.05, 4.69) is 15.2 Å². The standard InChI is InChI=1S/C21H23N7O2/c1-26-13-16(11-19(26)29)21(30)27-9-6-14(7-10-27)20-24-23-18-5-4-17(25-28(18)20)15-3-2-8-22-12-15/h2-5,8,12,14,16H,6-7,9-11,13H2,1H3. The van der Waals surface area contributed by atoms with Gasteiger partial charge in [-0.25, -0.2) is 0 Å². The minimum absolute atomic E-state index is 0.0497. The van der Waals surface area contributed by atoms with Crippen LogP contribution in [-0.4, -0.2) is 73.1 Å². The summed E-state index contributed by atoms with van der Waals surface area (Å²) in [6.07, 6.45) is 5.46. The molecule has 0 N–H and O–H groups in total. The van der Waals surface area contributed by atoms with Crippen molar-refractivity contribution >= 4 is 17.5 Å². The Kier molecular flexibility index (Phi) is 4.65. The summed E-state index contributed by atoms with van der Waals surface area (Å²) < 4.78 is 1.81. The molecule has 2 amide bonds. The maximum absolute atomic E-state index is 12.8. The van der Waals surface area contributed by atoms with Crippen LogP contribution in [-0.2, 0) is 9.59 Å². The Morgan fingerprint density at radius 1 is 1.13 bits per heavy atom. The van der Waals surface area contributed by atoms with Gasteiger partial charge in [0.15, 0.2) is 11.5 Å². The molecule has 0 saturated carbocycles. The number of piperidine rings is 1. The highest BCUT2D eigenvalue weighted by molar-refractivity contribution is 5.89. The summed E-state index contributed by atoms with van der Waals surface area (Å²) >= 11 is 0. The smallest absolute Gasteiger partial charge is 0.227 e. The van der Waals surface area contributed by atoms with Gasteiger partial charge >= 0.3 is 0 Å². The number of amides is 2. The average molecular weight is 405 g/mol. The normalized spacial score (nSPS) is 20.3. The Balaban J connectivity index is 1.31. The van der Waals surface area contributed by atoms with E-state index in [-0.39, 0.29) is 23.7 Å². The van der Waals surface area contributed by atoms with Crippen LogP contribution in [0.1, 0.15) is 31.0 Å². The molecule has 30 heavy (non-hydrogen) atoms. The van der Waals surface area contributed by atoms with Crippen molar-refractivity contribution in [3.8, 4) is 11.3 Å². The molecule has 2 aliphatic heterocycles. The lowest BCUT2D eigenvalue weighted by Crippen LogP contribution is -2.42. The molecule has 1 atom stereocenters. The van der Waals surface area contributed by atoms with Gasteiger partial charge in [0.1, 0.15) is 0 Å². The topological polar surface area (TPSA) is 96.6 Å². The molecule has 5 rings (SSSR count). The summed E-state index contributed by atoms with van der Waals surface area (Å²) in [5.41, 5.74) is 2.47. The van der Waals surface area contributed by atoms with Crippen molar-refractivity contribution in [2.45, 2.75) is 25.2 Å². The second-order valence-electron chi connectivity index (χ2n) is 8.06. The first-order chi connectivity index (χ1) is 14.6. The lowest BCUT2D eigenvalue weighted by Gasteiger charge is -2.32. The fourth-order valence-electron chi connectivity index (χ4n) is 4.37. The van der Waals surface area contributed by atoms with Crippen molar-refractivity contribution in [3.05, 3.63) is 42.5 Å². The lowest BCUT2D eigenvalue weighted by molar-refractivity contribution is -0.136. The number of carbonyl (C=O) groups is 2. The third-order valence-corrected chi connectivity index (χ3v) is 6.11. The molecule has 154 valence electrons. The van der Waals surface area contributed by atoms with Crippen LogP contribution >= 0.6 is 0 Å². The summed E-state index contributed by atoms with van der Waals surface area (Å²) in [6.45, 7) is 1.84. The van der Waals surface area contributed by atoms with Crippen molar-refractivity contribution < 1.29 is 9.59 Å². The second kappa shape index (κ2) is 7.47. The van der Waals surface area contributed by atoms with Crippen LogP contribution in [0.5, 0.6) is 0 Å².